The first kappa shape index (κ1) is 8.44. The number of hydrogen-bond acceptors (Lipinski definition) is 4. The number of rotatable bonds is 3. The zero-order valence-corrected chi connectivity index (χ0v) is 7.25. The van der Waals surface area contributed by atoms with E-state index in [9.17, 15) is 0 Å². The molecule has 3 saturated heterocycles. The van der Waals surface area contributed by atoms with Crippen molar-refractivity contribution in [2.75, 3.05) is 33.0 Å². The molecule has 0 aromatic heterocycles. The Morgan fingerprint density at radius 3 is 2.33 bits per heavy atom. The summed E-state index contributed by atoms with van der Waals surface area (Å²) >= 11 is 0. The SMILES string of the molecule is CCOCC12OCC(CO1)CO2. The third-order valence-corrected chi connectivity index (χ3v) is 2.10. The van der Waals surface area contributed by atoms with Crippen molar-refractivity contribution in [3.63, 3.8) is 0 Å². The molecule has 2 bridgehead atoms. The molecule has 3 fully saturated rings. The molecule has 3 aliphatic rings. The highest BCUT2D eigenvalue weighted by atomic mass is 16.9. The molecule has 3 rings (SSSR count). The third-order valence-electron chi connectivity index (χ3n) is 2.10. The summed E-state index contributed by atoms with van der Waals surface area (Å²) in [5, 5.41) is 0. The molecule has 0 amide bonds. The predicted octanol–water partition coefficient (Wildman–Crippen LogP) is 0.370. The molecule has 0 aliphatic carbocycles. The fourth-order valence-electron chi connectivity index (χ4n) is 1.36. The average molecular weight is 174 g/mol. The van der Waals surface area contributed by atoms with Crippen LogP contribution in [0.25, 0.3) is 0 Å². The van der Waals surface area contributed by atoms with Crippen molar-refractivity contribution < 1.29 is 18.9 Å². The van der Waals surface area contributed by atoms with Gasteiger partial charge in [-0.15, -0.1) is 0 Å². The van der Waals surface area contributed by atoms with E-state index in [-0.39, 0.29) is 0 Å². The maximum atomic E-state index is 5.40. The monoisotopic (exact) mass is 174 g/mol. The van der Waals surface area contributed by atoms with Gasteiger partial charge in [-0.2, -0.15) is 0 Å². The van der Waals surface area contributed by atoms with Crippen LogP contribution in [0.1, 0.15) is 6.92 Å². The normalized spacial score (nSPS) is 40.2. The van der Waals surface area contributed by atoms with Crippen LogP contribution in [-0.4, -0.2) is 39.0 Å². The Hall–Kier alpha value is -0.160. The molecule has 0 saturated carbocycles. The zero-order valence-electron chi connectivity index (χ0n) is 7.25. The Labute approximate surface area is 71.7 Å². The summed E-state index contributed by atoms with van der Waals surface area (Å²) < 4.78 is 21.4. The van der Waals surface area contributed by atoms with Crippen molar-refractivity contribution >= 4 is 0 Å². The molecule has 70 valence electrons. The van der Waals surface area contributed by atoms with Gasteiger partial charge >= 0.3 is 5.97 Å². The van der Waals surface area contributed by atoms with Crippen molar-refractivity contribution in [2.45, 2.75) is 12.9 Å². The number of fused-ring (bicyclic) bond motifs is 3. The van der Waals surface area contributed by atoms with Gasteiger partial charge in [0.1, 0.15) is 6.61 Å². The van der Waals surface area contributed by atoms with Crippen LogP contribution in [0.15, 0.2) is 0 Å². The first-order valence-corrected chi connectivity index (χ1v) is 4.34. The Bertz CT molecular complexity index is 137. The van der Waals surface area contributed by atoms with Gasteiger partial charge in [0.25, 0.3) is 0 Å². The summed E-state index contributed by atoms with van der Waals surface area (Å²) in [5.41, 5.74) is 0. The second-order valence-corrected chi connectivity index (χ2v) is 3.12. The Balaban J connectivity index is 1.90. The lowest BCUT2D eigenvalue weighted by molar-refractivity contribution is -0.457. The molecule has 0 aromatic carbocycles. The average Bonchev–Trinajstić information content (AvgIpc) is 2.18. The van der Waals surface area contributed by atoms with Crippen molar-refractivity contribution in [3.8, 4) is 0 Å². The molecular formula is C8H14O4. The van der Waals surface area contributed by atoms with Crippen LogP contribution in [0.5, 0.6) is 0 Å². The van der Waals surface area contributed by atoms with E-state index in [4.69, 9.17) is 18.9 Å². The quantitative estimate of drug-likeness (QED) is 0.619. The van der Waals surface area contributed by atoms with E-state index < -0.39 is 5.97 Å². The van der Waals surface area contributed by atoms with Crippen molar-refractivity contribution in [3.05, 3.63) is 0 Å². The molecule has 3 heterocycles. The highest BCUT2D eigenvalue weighted by molar-refractivity contribution is 4.74. The molecule has 0 N–H and O–H groups in total. The van der Waals surface area contributed by atoms with Crippen LogP contribution in [0.2, 0.25) is 0 Å². The van der Waals surface area contributed by atoms with Crippen LogP contribution in [-0.2, 0) is 18.9 Å². The van der Waals surface area contributed by atoms with Gasteiger partial charge < -0.3 is 18.9 Å². The van der Waals surface area contributed by atoms with Gasteiger partial charge in [-0.05, 0) is 6.92 Å². The van der Waals surface area contributed by atoms with Crippen molar-refractivity contribution in [1.29, 1.82) is 0 Å². The molecule has 0 unspecified atom stereocenters. The molecule has 0 radical (unpaired) electrons. The van der Waals surface area contributed by atoms with Gasteiger partial charge in [-0.1, -0.05) is 0 Å². The molecule has 0 aromatic rings. The fourth-order valence-corrected chi connectivity index (χ4v) is 1.36. The summed E-state index contributed by atoms with van der Waals surface area (Å²) in [4.78, 5) is 0. The third kappa shape index (κ3) is 1.47. The van der Waals surface area contributed by atoms with Crippen molar-refractivity contribution in [2.24, 2.45) is 5.92 Å². The van der Waals surface area contributed by atoms with Crippen LogP contribution in [0, 0.1) is 5.92 Å². The molecular weight excluding hydrogens is 160 g/mol. The van der Waals surface area contributed by atoms with E-state index in [0.717, 1.165) is 19.8 Å². The summed E-state index contributed by atoms with van der Waals surface area (Å²) in [7, 11) is 0. The molecule has 4 nitrogen and oxygen atoms in total. The Morgan fingerprint density at radius 2 is 1.83 bits per heavy atom. The molecule has 4 heteroatoms. The predicted molar refractivity (Wildman–Crippen MR) is 40.6 cm³/mol. The molecule has 0 spiro atoms. The van der Waals surface area contributed by atoms with E-state index in [1.807, 2.05) is 6.92 Å². The molecule has 0 atom stereocenters. The Kier molecular flexibility index (Phi) is 2.32. The van der Waals surface area contributed by atoms with Crippen LogP contribution < -0.4 is 0 Å². The highest BCUT2D eigenvalue weighted by Crippen LogP contribution is 2.30. The molecule has 3 aliphatic heterocycles. The van der Waals surface area contributed by atoms with E-state index in [2.05, 4.69) is 0 Å². The van der Waals surface area contributed by atoms with Crippen LogP contribution >= 0.6 is 0 Å². The highest BCUT2D eigenvalue weighted by Gasteiger charge is 2.44. The van der Waals surface area contributed by atoms with Gasteiger partial charge in [-0.25, -0.2) is 0 Å². The number of hydrogen-bond donors (Lipinski definition) is 0. The summed E-state index contributed by atoms with van der Waals surface area (Å²) in [6, 6.07) is 0. The van der Waals surface area contributed by atoms with E-state index in [0.29, 0.717) is 19.1 Å². The van der Waals surface area contributed by atoms with Gasteiger partial charge in [-0.3, -0.25) is 0 Å². The lowest BCUT2D eigenvalue weighted by Crippen LogP contribution is -2.56. The van der Waals surface area contributed by atoms with Gasteiger partial charge in [0, 0.05) is 12.5 Å². The first-order chi connectivity index (χ1) is 5.85. The van der Waals surface area contributed by atoms with Crippen LogP contribution in [0.3, 0.4) is 0 Å². The second-order valence-electron chi connectivity index (χ2n) is 3.12. The molecule has 12 heavy (non-hydrogen) atoms. The van der Waals surface area contributed by atoms with Gasteiger partial charge in [0.15, 0.2) is 0 Å². The van der Waals surface area contributed by atoms with E-state index >= 15 is 0 Å². The van der Waals surface area contributed by atoms with Gasteiger partial charge in [0.05, 0.1) is 19.8 Å². The first-order valence-electron chi connectivity index (χ1n) is 4.34. The topological polar surface area (TPSA) is 36.9 Å². The maximum absolute atomic E-state index is 5.40. The minimum atomic E-state index is -0.884. The van der Waals surface area contributed by atoms with Gasteiger partial charge in [0.2, 0.25) is 0 Å². The Morgan fingerprint density at radius 1 is 1.25 bits per heavy atom. The smallest absolute Gasteiger partial charge is 0.307 e. The summed E-state index contributed by atoms with van der Waals surface area (Å²) in [6.07, 6.45) is 0. The summed E-state index contributed by atoms with van der Waals surface area (Å²) in [6.45, 7) is 5.15. The van der Waals surface area contributed by atoms with Crippen LogP contribution in [0.4, 0.5) is 0 Å². The largest absolute Gasteiger partial charge is 0.373 e. The number of ether oxygens (including phenoxy) is 4. The zero-order chi connectivity index (χ0) is 8.44. The van der Waals surface area contributed by atoms with Crippen molar-refractivity contribution in [1.82, 2.24) is 0 Å². The summed E-state index contributed by atoms with van der Waals surface area (Å²) in [5.74, 6) is -0.474. The van der Waals surface area contributed by atoms with E-state index in [1.54, 1.807) is 0 Å². The maximum Gasteiger partial charge on any atom is 0.307 e. The van der Waals surface area contributed by atoms with E-state index in [1.165, 1.54) is 0 Å². The second kappa shape index (κ2) is 3.30. The lowest BCUT2D eigenvalue weighted by Gasteiger charge is -2.44. The fraction of sp³-hybridized carbons (Fsp3) is 1.00. The lowest BCUT2D eigenvalue weighted by atomic mass is 10.1. The minimum absolute atomic E-state index is 0.371. The minimum Gasteiger partial charge on any atom is -0.373 e. The standard InChI is InChI=1S/C8H14O4/c1-2-9-6-8-10-3-7(4-11-8)5-12-8/h7H,2-6H2,1H3.